The molecular weight excluding hydrogens is 1430 g/mol. The molecule has 0 aliphatic carbocycles. The van der Waals surface area contributed by atoms with Gasteiger partial charge in [0.15, 0.2) is 23.3 Å². The number of aryl methyl sites for hydroxylation is 2. The summed E-state index contributed by atoms with van der Waals surface area (Å²) in [5.74, 6) is 1.46. The van der Waals surface area contributed by atoms with Gasteiger partial charge in [-0.2, -0.15) is 0 Å². The zero-order valence-corrected chi connectivity index (χ0v) is 66.0. The van der Waals surface area contributed by atoms with Gasteiger partial charge < -0.3 is 44.2 Å². The van der Waals surface area contributed by atoms with Crippen LogP contribution >= 0.6 is 0 Å². The molecule has 0 bridgehead atoms. The number of nitrogens with two attached hydrogens (primary N) is 4. The molecule has 4 aromatic heterocycles. The third-order valence-corrected chi connectivity index (χ3v) is 17.3. The number of allylic oxidation sites excluding steroid dienone is 4. The fourth-order valence-corrected chi connectivity index (χ4v) is 11.7. The zero-order valence-electron chi connectivity index (χ0n) is 66.0. The second kappa shape index (κ2) is 41.6. The molecule has 0 fully saturated rings. The minimum absolute atomic E-state index is 0.0566. The summed E-state index contributed by atoms with van der Waals surface area (Å²) in [6.07, 6.45) is 18.0. The topological polar surface area (TPSA) is 324 Å². The van der Waals surface area contributed by atoms with Gasteiger partial charge in [0.25, 0.3) is 0 Å². The number of rotatable bonds is 23. The maximum absolute atomic E-state index is 12.7. The van der Waals surface area contributed by atoms with Crippen molar-refractivity contribution >= 4 is 105 Å². The molecule has 115 heavy (non-hydrogen) atoms. The normalized spacial score (nSPS) is 10.4. The van der Waals surface area contributed by atoms with Crippen LogP contribution in [0.1, 0.15) is 120 Å². The van der Waals surface area contributed by atoms with E-state index in [-0.39, 0.29) is 36.5 Å². The summed E-state index contributed by atoms with van der Waals surface area (Å²) in [6, 6.07) is 73.8. The third kappa shape index (κ3) is 26.7. The molecule has 0 aliphatic rings. The first-order valence-corrected chi connectivity index (χ1v) is 37.8. The summed E-state index contributed by atoms with van der Waals surface area (Å²) >= 11 is 0. The van der Waals surface area contributed by atoms with Crippen molar-refractivity contribution in [2.24, 2.45) is 0 Å². The molecule has 0 spiro atoms. The molecule has 580 valence electrons. The van der Waals surface area contributed by atoms with Gasteiger partial charge in [-0.3, -0.25) is 19.2 Å². The Kier molecular flexibility index (Phi) is 30.0. The zero-order chi connectivity index (χ0) is 81.6. The summed E-state index contributed by atoms with van der Waals surface area (Å²) in [5, 5.41) is 13.9. The van der Waals surface area contributed by atoms with Crippen LogP contribution in [-0.4, -0.2) is 63.5 Å². The van der Waals surface area contributed by atoms with Gasteiger partial charge in [0.2, 0.25) is 23.6 Å². The molecular formula is C95H96N16O4. The highest BCUT2D eigenvalue weighted by atomic mass is 16.2. The Bertz CT molecular complexity index is 5590. The molecule has 0 atom stereocenters. The smallest absolute Gasteiger partial charge is 0.230 e. The van der Waals surface area contributed by atoms with Gasteiger partial charge in [0, 0.05) is 57.8 Å². The van der Waals surface area contributed by atoms with E-state index in [0.29, 0.717) is 88.1 Å². The number of aromatic nitrogens is 8. The van der Waals surface area contributed by atoms with Crippen molar-refractivity contribution < 1.29 is 19.2 Å². The van der Waals surface area contributed by atoms with Crippen molar-refractivity contribution in [3.63, 3.8) is 0 Å². The van der Waals surface area contributed by atoms with E-state index in [1.807, 2.05) is 292 Å². The van der Waals surface area contributed by atoms with Crippen molar-refractivity contribution in [2.75, 3.05) is 44.2 Å². The van der Waals surface area contributed by atoms with Crippen LogP contribution in [0.15, 0.2) is 278 Å². The Labute approximate surface area is 672 Å². The fourth-order valence-electron chi connectivity index (χ4n) is 11.7. The first-order valence-electron chi connectivity index (χ1n) is 37.8. The number of carbonyl (C=O) groups excluding carboxylic acids is 4. The Morgan fingerprint density at radius 3 is 0.922 bits per heavy atom. The van der Waals surface area contributed by atoms with E-state index in [9.17, 15) is 19.2 Å². The van der Waals surface area contributed by atoms with Crippen LogP contribution in [-0.2, 0) is 44.9 Å². The first kappa shape index (κ1) is 83.1. The van der Waals surface area contributed by atoms with Crippen LogP contribution in [0.5, 0.6) is 0 Å². The monoisotopic (exact) mass is 1520 g/mol. The van der Waals surface area contributed by atoms with Crippen LogP contribution in [0.3, 0.4) is 0 Å². The lowest BCUT2D eigenvalue weighted by molar-refractivity contribution is -0.117. The minimum Gasteiger partial charge on any atom is -0.399 e. The van der Waals surface area contributed by atoms with Crippen LogP contribution < -0.4 is 44.2 Å². The number of nitrogens with one attached hydrogen (secondary N) is 4. The highest BCUT2D eigenvalue weighted by Crippen LogP contribution is 2.29. The van der Waals surface area contributed by atoms with Gasteiger partial charge in [-0.1, -0.05) is 204 Å². The number of carbonyl (C=O) groups is 4. The lowest BCUT2D eigenvalue weighted by Gasteiger charge is -2.10. The molecule has 4 amide bonds. The first-order chi connectivity index (χ1) is 55.5. The van der Waals surface area contributed by atoms with E-state index in [1.54, 1.807) is 24.8 Å². The van der Waals surface area contributed by atoms with Gasteiger partial charge >= 0.3 is 0 Å². The molecule has 4 heterocycles. The van der Waals surface area contributed by atoms with Crippen LogP contribution in [0.4, 0.5) is 46.0 Å². The lowest BCUT2D eigenvalue weighted by atomic mass is 10.0. The van der Waals surface area contributed by atoms with Crippen molar-refractivity contribution in [2.45, 2.75) is 100 Å². The Morgan fingerprint density at radius 1 is 0.296 bits per heavy atom. The molecule has 20 nitrogen and oxygen atoms in total. The van der Waals surface area contributed by atoms with Gasteiger partial charge in [0.05, 0.1) is 60.4 Å². The summed E-state index contributed by atoms with van der Waals surface area (Å²) < 4.78 is 0. The Balaban J connectivity index is 0.000000162. The number of amides is 4. The number of nitrogen functional groups attached to an aromatic ring is 4. The quantitative estimate of drug-likeness (QED) is 0.0276. The molecule has 13 aromatic rings. The molecule has 20 heteroatoms. The molecule has 0 aliphatic heterocycles. The molecule has 9 aromatic carbocycles. The van der Waals surface area contributed by atoms with Crippen molar-refractivity contribution in [1.29, 1.82) is 0 Å². The third-order valence-electron chi connectivity index (χ3n) is 17.3. The van der Waals surface area contributed by atoms with Gasteiger partial charge in [-0.15, -0.1) is 0 Å². The molecule has 13 rings (SSSR count). The second-order valence-electron chi connectivity index (χ2n) is 28.4. The van der Waals surface area contributed by atoms with E-state index in [4.69, 9.17) is 32.9 Å². The number of nitrogens with zero attached hydrogens (tertiary/aromatic N) is 8. The van der Waals surface area contributed by atoms with Crippen molar-refractivity contribution in [1.82, 2.24) is 39.9 Å². The maximum atomic E-state index is 12.7. The van der Waals surface area contributed by atoms with E-state index in [1.165, 1.54) is 5.56 Å². The van der Waals surface area contributed by atoms with Gasteiger partial charge in [-0.05, 0) is 181 Å². The number of benzene rings is 9. The van der Waals surface area contributed by atoms with Crippen LogP contribution in [0, 0.1) is 0 Å². The molecule has 0 radical (unpaired) electrons. The van der Waals surface area contributed by atoms with Crippen LogP contribution in [0.25, 0.3) is 80.1 Å². The predicted octanol–water partition coefficient (Wildman–Crippen LogP) is 19.6. The molecule has 0 saturated carbocycles. The molecule has 0 saturated heterocycles. The van der Waals surface area contributed by atoms with E-state index in [0.717, 1.165) is 108 Å². The average molecular weight is 1530 g/mol. The standard InChI is InChI=1S/C26H24N4O.C24H26N4O.C23H24N4O.C22H22N4O/c1-17(2)13-23-26(28-16-24(29-23)20-9-11-22(27)12-10-20)30-25(31)15-18-7-8-19-5-3-4-6-21(19)14-18;1-17(2)15-21-24(26-16-22(27-21)19-11-13-20(25)14-12-19)28-23(29)10-6-9-18-7-4-3-5-8-18;1-16(2)14-20-23(27-22(28)13-8-17-6-4-3-5-7-17)25-15-21(26-20)18-9-11-19(24)12-10-18;1-15(2)12-19-22(26-21(27)13-16-6-4-3-5-7-16)24-14-20(25-19)17-8-10-18(23)11-9-17/h3-14,16H,15,27H2,1-2H3,(H,28,30,31);3-5,7-8,11-16H,6,9-10,25H2,1-2H3,(H,26,28,29);3-7,9-12,14-15H,8,13,24H2,1-2H3,(H,25,27,28);3-12,14H,13,23H2,1-2H3,(H,24,26,27). The SMILES string of the molecule is CC(C)=Cc1nc(-c2ccc(N)cc2)cnc1NC(=O)CCCc1ccccc1.CC(C)=Cc1nc(-c2ccc(N)cc2)cnc1NC(=O)CCc1ccccc1.CC(C)=Cc1nc(-c2ccc(N)cc2)cnc1NC(=O)Cc1ccc2ccccc2c1.CC(C)=Cc1nc(-c2ccc(N)cc2)cnc1NC(=O)Cc1ccccc1. The predicted molar refractivity (Wildman–Crippen MR) is 471 cm³/mol. The van der Waals surface area contributed by atoms with Crippen molar-refractivity contribution in [3.05, 3.63) is 323 Å². The van der Waals surface area contributed by atoms with Gasteiger partial charge in [0.1, 0.15) is 22.8 Å². The maximum Gasteiger partial charge on any atom is 0.230 e. The summed E-state index contributed by atoms with van der Waals surface area (Å²) in [5.41, 5.74) is 43.5. The van der Waals surface area contributed by atoms with Crippen LogP contribution in [0.2, 0.25) is 0 Å². The summed E-state index contributed by atoms with van der Waals surface area (Å²) in [4.78, 5) is 86.6. The Hall–Kier alpha value is -14.4. The summed E-state index contributed by atoms with van der Waals surface area (Å²) in [7, 11) is 0. The molecule has 12 N–H and O–H groups in total. The van der Waals surface area contributed by atoms with Crippen molar-refractivity contribution in [3.8, 4) is 45.0 Å². The average Bonchev–Trinajstić information content (AvgIpc) is 0.839. The van der Waals surface area contributed by atoms with E-state index >= 15 is 0 Å². The van der Waals surface area contributed by atoms with E-state index < -0.39 is 0 Å². The lowest BCUT2D eigenvalue weighted by Crippen LogP contribution is -2.16. The number of hydrogen-bond acceptors (Lipinski definition) is 16. The highest BCUT2D eigenvalue weighted by Gasteiger charge is 2.17. The van der Waals surface area contributed by atoms with E-state index in [2.05, 4.69) is 69.4 Å². The Morgan fingerprint density at radius 2 is 0.583 bits per heavy atom. The molecule has 0 unspecified atom stereocenters. The number of hydrogen-bond donors (Lipinski definition) is 8. The fraction of sp³-hybridized carbons (Fsp3) is 0.158. The van der Waals surface area contributed by atoms with Gasteiger partial charge in [-0.25, -0.2) is 39.9 Å². The summed E-state index contributed by atoms with van der Waals surface area (Å²) in [6.45, 7) is 15.9. The minimum atomic E-state index is -0.131. The second-order valence-corrected chi connectivity index (χ2v) is 28.4. The largest absolute Gasteiger partial charge is 0.399 e. The highest BCUT2D eigenvalue weighted by molar-refractivity contribution is 5.96. The number of fused-ring (bicyclic) bond motifs is 1. The number of anilines is 8.